The molecule has 0 aromatic carbocycles. The number of hydrogen-bond acceptors (Lipinski definition) is 1. The Morgan fingerprint density at radius 3 is 1.35 bits per heavy atom. The van der Waals surface area contributed by atoms with Crippen LogP contribution >= 0.6 is 0 Å². The Balaban J connectivity index is 5.86. The molecule has 0 aromatic heterocycles. The monoisotopic (exact) mass is 279 g/mol. The van der Waals surface area contributed by atoms with Gasteiger partial charge in [0.25, 0.3) is 0 Å². The molecule has 11 heteroatoms. The van der Waals surface area contributed by atoms with E-state index in [4.69, 9.17) is 0 Å². The third-order valence-electron chi connectivity index (χ3n) is 1.67. The summed E-state index contributed by atoms with van der Waals surface area (Å²) in [5.41, 5.74) is 0. The normalized spacial score (nSPS) is 16.9. The summed E-state index contributed by atoms with van der Waals surface area (Å²) in [4.78, 5) is -2.13. The van der Waals surface area contributed by atoms with E-state index in [0.29, 0.717) is 0 Å². The highest BCUT2D eigenvalue weighted by Gasteiger charge is 2.69. The molecule has 0 spiro atoms. The van der Waals surface area contributed by atoms with Gasteiger partial charge in [-0.1, -0.05) is 0 Å². The predicted molar refractivity (Wildman–Crippen MR) is 34.1 cm³/mol. The van der Waals surface area contributed by atoms with Crippen LogP contribution < -0.4 is 0 Å². The summed E-state index contributed by atoms with van der Waals surface area (Å²) in [6.45, 7) is 0. The lowest BCUT2D eigenvalue weighted by molar-refractivity contribution is -0.354. The fourth-order valence-electron chi connectivity index (χ4n) is 0.762. The van der Waals surface area contributed by atoms with Crippen molar-refractivity contribution >= 4 is 0 Å². The zero-order chi connectivity index (χ0) is 14.2. The maximum atomic E-state index is 13.0. The highest BCUT2D eigenvalue weighted by Crippen LogP contribution is 2.47. The molecule has 0 bridgehead atoms. The smallest absolute Gasteiger partial charge is 0.207 e. The van der Waals surface area contributed by atoms with Gasteiger partial charge in [0.1, 0.15) is 0 Å². The lowest BCUT2D eigenvalue weighted by Gasteiger charge is -2.35. The summed E-state index contributed by atoms with van der Waals surface area (Å²) in [5, 5.41) is 0. The van der Waals surface area contributed by atoms with E-state index in [1.54, 1.807) is 0 Å². The first-order valence-electron chi connectivity index (χ1n) is 3.53. The van der Waals surface area contributed by atoms with E-state index >= 15 is 0 Å². The number of rotatable bonds is 2. The van der Waals surface area contributed by atoms with Crippen LogP contribution in [0.15, 0.2) is 11.9 Å². The summed E-state index contributed by atoms with van der Waals surface area (Å²) < 4.78 is 120. The van der Waals surface area contributed by atoms with Gasteiger partial charge in [0.05, 0.1) is 0 Å². The lowest BCUT2D eigenvalue weighted by Crippen LogP contribution is -2.59. The third-order valence-corrected chi connectivity index (χ3v) is 1.67. The molecule has 1 nitrogen and oxygen atoms in total. The minimum absolute atomic E-state index is 0.546. The molecule has 0 rings (SSSR count). The molecule has 0 aliphatic heterocycles. The summed E-state index contributed by atoms with van der Waals surface area (Å²) in [6, 6.07) is 0. The van der Waals surface area contributed by atoms with Crippen LogP contribution in [0.1, 0.15) is 0 Å². The molecule has 0 aromatic rings. The highest BCUT2D eigenvalue weighted by molar-refractivity contribution is 5.13. The lowest BCUT2D eigenvalue weighted by atomic mass is 10.2. The van der Waals surface area contributed by atoms with Gasteiger partial charge < -0.3 is 0 Å². The molecule has 0 aliphatic carbocycles. The molecule has 0 saturated carbocycles. The van der Waals surface area contributed by atoms with Crippen molar-refractivity contribution in [2.24, 2.45) is 0 Å². The maximum Gasteiger partial charge on any atom is 0.462 e. The maximum absolute atomic E-state index is 13.0. The van der Waals surface area contributed by atoms with E-state index in [1.165, 1.54) is 0 Å². The molecule has 0 N–H and O–H groups in total. The fourth-order valence-corrected chi connectivity index (χ4v) is 0.762. The zero-order valence-corrected chi connectivity index (χ0v) is 7.73. The van der Waals surface area contributed by atoms with E-state index in [9.17, 15) is 43.9 Å². The van der Waals surface area contributed by atoms with Crippen LogP contribution in [0.25, 0.3) is 0 Å². The van der Waals surface area contributed by atoms with Crippen LogP contribution in [0, 0.1) is 0 Å². The molecule has 1 unspecified atom stereocenters. The number of alkyl halides is 7. The molecule has 0 aliphatic rings. The first-order valence-corrected chi connectivity index (χ1v) is 3.53. The molecular weight excluding hydrogens is 276 g/mol. The molecule has 0 heterocycles. The van der Waals surface area contributed by atoms with Gasteiger partial charge in [0, 0.05) is 0 Å². The van der Waals surface area contributed by atoms with E-state index in [1.807, 2.05) is 0 Å². The van der Waals surface area contributed by atoms with Crippen molar-refractivity contribution in [3.8, 4) is 0 Å². The molecule has 1 atom stereocenters. The topological polar surface area (TPSA) is 3.24 Å². The van der Waals surface area contributed by atoms with Gasteiger partial charge >= 0.3 is 24.3 Å². The molecule has 0 radical (unpaired) electrons. The molecular formula is C6H3F10N. The number of halogens is 10. The predicted octanol–water partition coefficient (Wildman–Crippen LogP) is 3.74. The standard InChI is InChI=1S/C6H3F10N/c1-17(6(14,15)16)4(10,5(11,12)13)2(7)3(8)9/h1H3. The second-order valence-corrected chi connectivity index (χ2v) is 2.72. The molecule has 0 saturated heterocycles. The number of nitrogens with zero attached hydrogens (tertiary/aromatic N) is 1. The molecule has 102 valence electrons. The largest absolute Gasteiger partial charge is 0.462 e. The van der Waals surface area contributed by atoms with Crippen molar-refractivity contribution in [3.63, 3.8) is 0 Å². The van der Waals surface area contributed by atoms with Crippen LogP contribution in [0.2, 0.25) is 0 Å². The average molecular weight is 279 g/mol. The van der Waals surface area contributed by atoms with Gasteiger partial charge in [-0.25, -0.2) is 8.78 Å². The van der Waals surface area contributed by atoms with Gasteiger partial charge in [0.15, 0.2) is 0 Å². The summed E-state index contributed by atoms with van der Waals surface area (Å²) in [5.74, 6) is -9.82. The third kappa shape index (κ3) is 2.82. The van der Waals surface area contributed by atoms with Crippen LogP contribution in [0.4, 0.5) is 43.9 Å². The summed E-state index contributed by atoms with van der Waals surface area (Å²) >= 11 is 0. The molecule has 17 heavy (non-hydrogen) atoms. The Bertz CT molecular complexity index is 310. The first kappa shape index (κ1) is 16.0. The van der Waals surface area contributed by atoms with Crippen molar-refractivity contribution in [3.05, 3.63) is 11.9 Å². The fraction of sp³-hybridized carbons (Fsp3) is 0.667. The summed E-state index contributed by atoms with van der Waals surface area (Å²) in [6.07, 6.45) is -16.4. The van der Waals surface area contributed by atoms with Gasteiger partial charge in [-0.2, -0.15) is 40.0 Å². The zero-order valence-electron chi connectivity index (χ0n) is 7.73. The Morgan fingerprint density at radius 1 is 0.824 bits per heavy atom. The van der Waals surface area contributed by atoms with E-state index in [0.717, 1.165) is 0 Å². The van der Waals surface area contributed by atoms with Gasteiger partial charge in [-0.3, -0.25) is 0 Å². The van der Waals surface area contributed by atoms with Crippen molar-refractivity contribution in [1.82, 2.24) is 4.90 Å². The average Bonchev–Trinajstić information content (AvgIpc) is 2.10. The molecule has 0 amide bonds. The van der Waals surface area contributed by atoms with Gasteiger partial charge in [-0.15, -0.1) is 0 Å². The van der Waals surface area contributed by atoms with Crippen molar-refractivity contribution in [2.75, 3.05) is 7.05 Å². The van der Waals surface area contributed by atoms with Crippen LogP contribution in [0.5, 0.6) is 0 Å². The van der Waals surface area contributed by atoms with Crippen LogP contribution in [-0.4, -0.2) is 30.2 Å². The van der Waals surface area contributed by atoms with Crippen molar-refractivity contribution in [2.45, 2.75) is 18.3 Å². The minimum atomic E-state index is -6.54. The van der Waals surface area contributed by atoms with Gasteiger partial charge in [0.2, 0.25) is 5.83 Å². The highest BCUT2D eigenvalue weighted by atomic mass is 19.4. The SMILES string of the molecule is CN(C(F)(F)F)C(F)(C(F)=C(F)F)C(F)(F)F. The Labute approximate surface area is 87.3 Å². The number of likely N-dealkylation sites (N-methyl/N-ethyl adjacent to an activating group) is 1. The van der Waals surface area contributed by atoms with Crippen LogP contribution in [-0.2, 0) is 0 Å². The Morgan fingerprint density at radius 2 is 1.18 bits per heavy atom. The van der Waals surface area contributed by atoms with Crippen molar-refractivity contribution < 1.29 is 43.9 Å². The van der Waals surface area contributed by atoms with E-state index < -0.39 is 42.1 Å². The quantitative estimate of drug-likeness (QED) is 0.549. The Kier molecular flexibility index (Phi) is 4.09. The Hall–Kier alpha value is -1.00. The molecule has 0 fully saturated rings. The second kappa shape index (κ2) is 4.35. The van der Waals surface area contributed by atoms with Crippen LogP contribution in [0.3, 0.4) is 0 Å². The van der Waals surface area contributed by atoms with E-state index in [2.05, 4.69) is 0 Å². The first-order chi connectivity index (χ1) is 7.26. The van der Waals surface area contributed by atoms with E-state index in [-0.39, 0.29) is 0 Å². The summed E-state index contributed by atoms with van der Waals surface area (Å²) in [7, 11) is -0.546. The van der Waals surface area contributed by atoms with Gasteiger partial charge in [-0.05, 0) is 7.05 Å². The second-order valence-electron chi connectivity index (χ2n) is 2.72. The minimum Gasteiger partial charge on any atom is -0.207 e. The number of hydrogen-bond donors (Lipinski definition) is 0. The van der Waals surface area contributed by atoms with Crippen molar-refractivity contribution in [1.29, 1.82) is 0 Å².